The van der Waals surface area contributed by atoms with Crippen LogP contribution in [0.3, 0.4) is 0 Å². The topological polar surface area (TPSA) is 101 Å². The molecule has 1 aromatic heterocycles. The van der Waals surface area contributed by atoms with Crippen molar-refractivity contribution < 1.29 is 8.42 Å². The molecule has 0 amide bonds. The van der Waals surface area contributed by atoms with Crippen LogP contribution in [0.5, 0.6) is 0 Å². The Morgan fingerprint density at radius 3 is 2.76 bits per heavy atom. The summed E-state index contributed by atoms with van der Waals surface area (Å²) in [5.74, 6) is 0.576. The van der Waals surface area contributed by atoms with Gasteiger partial charge >= 0.3 is 0 Å². The van der Waals surface area contributed by atoms with Gasteiger partial charge in [-0.3, -0.25) is 0 Å². The van der Waals surface area contributed by atoms with Gasteiger partial charge in [-0.15, -0.1) is 0 Å². The van der Waals surface area contributed by atoms with E-state index in [1.165, 1.54) is 0 Å². The van der Waals surface area contributed by atoms with Crippen molar-refractivity contribution in [3.05, 3.63) is 47.5 Å². The van der Waals surface area contributed by atoms with E-state index in [0.29, 0.717) is 18.8 Å². The van der Waals surface area contributed by atoms with Crippen molar-refractivity contribution in [3.8, 4) is 0 Å². The minimum Gasteiger partial charge on any atom is -0.347 e. The van der Waals surface area contributed by atoms with Crippen molar-refractivity contribution in [2.75, 3.05) is 0 Å². The third kappa shape index (κ3) is 3.49. The van der Waals surface area contributed by atoms with Gasteiger partial charge in [-0.25, -0.2) is 18.1 Å². The second-order valence-electron chi connectivity index (χ2n) is 4.82. The number of aromatic amines is 1. The summed E-state index contributed by atoms with van der Waals surface area (Å²) in [5.41, 5.74) is 7.16. The minimum atomic E-state index is -3.63. The van der Waals surface area contributed by atoms with Crippen molar-refractivity contribution in [3.63, 3.8) is 0 Å². The number of aryl methyl sites for hydroxylation is 1. The van der Waals surface area contributed by atoms with Crippen LogP contribution in [-0.4, -0.2) is 18.4 Å². The van der Waals surface area contributed by atoms with Gasteiger partial charge in [0.05, 0.1) is 10.9 Å². The quantitative estimate of drug-likeness (QED) is 0.752. The Hall–Kier alpha value is -1.70. The zero-order valence-electron chi connectivity index (χ0n) is 12.1. The fourth-order valence-corrected chi connectivity index (χ4v) is 3.70. The van der Waals surface area contributed by atoms with E-state index >= 15 is 0 Å². The first kappa shape index (κ1) is 15.7. The number of hydrogen-bond acceptors (Lipinski definition) is 4. The summed E-state index contributed by atoms with van der Waals surface area (Å²) >= 11 is 0. The largest absolute Gasteiger partial charge is 0.347 e. The molecule has 1 unspecified atom stereocenters. The molecule has 0 aliphatic rings. The van der Waals surface area contributed by atoms with Gasteiger partial charge in [-0.05, 0) is 30.5 Å². The van der Waals surface area contributed by atoms with Gasteiger partial charge in [-0.2, -0.15) is 0 Å². The van der Waals surface area contributed by atoms with Crippen LogP contribution in [0.25, 0.3) is 0 Å². The van der Waals surface area contributed by atoms with Gasteiger partial charge in [0.15, 0.2) is 0 Å². The van der Waals surface area contributed by atoms with Crippen LogP contribution >= 0.6 is 0 Å². The maximum absolute atomic E-state index is 12.6. The normalized spacial score (nSPS) is 13.3. The SMILES string of the molecule is CCc1ccc(CN)cc1S(=O)(=O)NC(C)c1ncc[nH]1. The Bertz CT molecular complexity index is 696. The lowest BCUT2D eigenvalue weighted by Crippen LogP contribution is -2.28. The summed E-state index contributed by atoms with van der Waals surface area (Å²) in [6, 6.07) is 4.87. The highest BCUT2D eigenvalue weighted by Crippen LogP contribution is 2.20. The summed E-state index contributed by atoms with van der Waals surface area (Å²) in [6.07, 6.45) is 3.88. The molecule has 1 aromatic carbocycles. The molecule has 1 heterocycles. The van der Waals surface area contributed by atoms with E-state index in [2.05, 4.69) is 14.7 Å². The molecule has 0 aliphatic heterocycles. The molecule has 6 nitrogen and oxygen atoms in total. The first-order chi connectivity index (χ1) is 9.97. The third-order valence-electron chi connectivity index (χ3n) is 3.30. The first-order valence-corrected chi connectivity index (χ1v) is 8.29. The summed E-state index contributed by atoms with van der Waals surface area (Å²) in [4.78, 5) is 7.26. The van der Waals surface area contributed by atoms with Crippen LogP contribution in [0.2, 0.25) is 0 Å². The smallest absolute Gasteiger partial charge is 0.241 e. The third-order valence-corrected chi connectivity index (χ3v) is 4.92. The van der Waals surface area contributed by atoms with Crippen LogP contribution in [0.15, 0.2) is 35.5 Å². The Morgan fingerprint density at radius 2 is 2.19 bits per heavy atom. The maximum atomic E-state index is 12.6. The number of sulfonamides is 1. The van der Waals surface area contributed by atoms with Crippen molar-refractivity contribution in [2.24, 2.45) is 5.73 Å². The van der Waals surface area contributed by atoms with Gasteiger partial charge in [0.1, 0.15) is 5.82 Å². The molecule has 4 N–H and O–H groups in total. The number of H-pyrrole nitrogens is 1. The fourth-order valence-electron chi connectivity index (χ4n) is 2.13. The number of aromatic nitrogens is 2. The predicted molar refractivity (Wildman–Crippen MR) is 81.0 cm³/mol. The number of rotatable bonds is 6. The molecule has 2 aromatic rings. The Balaban J connectivity index is 2.34. The molecule has 1 atom stereocenters. The van der Waals surface area contributed by atoms with Crippen molar-refractivity contribution in [1.82, 2.24) is 14.7 Å². The van der Waals surface area contributed by atoms with E-state index in [4.69, 9.17) is 5.73 Å². The van der Waals surface area contributed by atoms with Crippen LogP contribution in [0.1, 0.15) is 36.8 Å². The predicted octanol–water partition coefficient (Wildman–Crippen LogP) is 1.47. The van der Waals surface area contributed by atoms with E-state index in [0.717, 1.165) is 11.1 Å². The van der Waals surface area contributed by atoms with Gasteiger partial charge in [0.2, 0.25) is 10.0 Å². The van der Waals surface area contributed by atoms with Crippen LogP contribution in [0.4, 0.5) is 0 Å². The minimum absolute atomic E-state index is 0.284. The molecule has 114 valence electrons. The van der Waals surface area contributed by atoms with E-state index in [1.807, 2.05) is 19.1 Å². The average molecular weight is 308 g/mol. The lowest BCUT2D eigenvalue weighted by Gasteiger charge is -2.15. The average Bonchev–Trinajstić information content (AvgIpc) is 3.00. The monoisotopic (exact) mass is 308 g/mol. The summed E-state index contributed by atoms with van der Waals surface area (Å²) in [7, 11) is -3.63. The van der Waals surface area contributed by atoms with Crippen LogP contribution in [0, 0.1) is 0 Å². The van der Waals surface area contributed by atoms with Crippen molar-refractivity contribution >= 4 is 10.0 Å². The summed E-state index contributed by atoms with van der Waals surface area (Å²) < 4.78 is 27.8. The van der Waals surface area contributed by atoms with Crippen molar-refractivity contribution in [1.29, 1.82) is 0 Å². The zero-order valence-corrected chi connectivity index (χ0v) is 12.9. The van der Waals surface area contributed by atoms with Crippen LogP contribution in [-0.2, 0) is 23.0 Å². The second kappa shape index (κ2) is 6.38. The fraction of sp³-hybridized carbons (Fsp3) is 0.357. The van der Waals surface area contributed by atoms with E-state index in [1.54, 1.807) is 25.4 Å². The molecule has 0 saturated heterocycles. The van der Waals surface area contributed by atoms with E-state index < -0.39 is 16.1 Å². The highest BCUT2D eigenvalue weighted by Gasteiger charge is 2.22. The number of nitrogens with one attached hydrogen (secondary N) is 2. The standard InChI is InChI=1S/C14H20N4O2S/c1-3-12-5-4-11(9-15)8-13(12)21(19,20)18-10(2)14-16-6-7-17-14/h4-8,10,18H,3,9,15H2,1-2H3,(H,16,17). The lowest BCUT2D eigenvalue weighted by molar-refractivity contribution is 0.560. The van der Waals surface area contributed by atoms with E-state index in [-0.39, 0.29) is 4.90 Å². The highest BCUT2D eigenvalue weighted by atomic mass is 32.2. The molecule has 0 spiro atoms. The highest BCUT2D eigenvalue weighted by molar-refractivity contribution is 7.89. The molecule has 0 saturated carbocycles. The zero-order chi connectivity index (χ0) is 15.5. The van der Waals surface area contributed by atoms with Crippen LogP contribution < -0.4 is 10.5 Å². The molecule has 0 bridgehead atoms. The number of nitrogens with zero attached hydrogens (tertiary/aromatic N) is 1. The molecule has 0 aliphatic carbocycles. The van der Waals surface area contributed by atoms with E-state index in [9.17, 15) is 8.42 Å². The molecule has 0 radical (unpaired) electrons. The van der Waals surface area contributed by atoms with Gasteiger partial charge < -0.3 is 10.7 Å². The molecule has 21 heavy (non-hydrogen) atoms. The van der Waals surface area contributed by atoms with Gasteiger partial charge in [0, 0.05) is 18.9 Å². The maximum Gasteiger partial charge on any atom is 0.241 e. The number of hydrogen-bond donors (Lipinski definition) is 3. The number of imidazole rings is 1. The Kier molecular flexibility index (Phi) is 4.76. The molecular formula is C14H20N4O2S. The van der Waals surface area contributed by atoms with Gasteiger partial charge in [-0.1, -0.05) is 19.1 Å². The molecule has 2 rings (SSSR count). The lowest BCUT2D eigenvalue weighted by atomic mass is 10.1. The Labute approximate surface area is 124 Å². The summed E-state index contributed by atoms with van der Waals surface area (Å²) in [6.45, 7) is 3.97. The molecule has 0 fully saturated rings. The number of benzene rings is 1. The first-order valence-electron chi connectivity index (χ1n) is 6.81. The second-order valence-corrected chi connectivity index (χ2v) is 6.50. The molecular weight excluding hydrogens is 288 g/mol. The summed E-state index contributed by atoms with van der Waals surface area (Å²) in [5, 5.41) is 0. The molecule has 7 heteroatoms. The van der Waals surface area contributed by atoms with Gasteiger partial charge in [0.25, 0.3) is 0 Å². The Morgan fingerprint density at radius 1 is 1.43 bits per heavy atom. The van der Waals surface area contributed by atoms with Crippen molar-refractivity contribution in [2.45, 2.75) is 37.8 Å². The number of nitrogens with two attached hydrogens (primary N) is 1.